The number of carboxylic acids is 1. The molecule has 1 aromatic carbocycles. The van der Waals surface area contributed by atoms with E-state index in [2.05, 4.69) is 10.3 Å². The van der Waals surface area contributed by atoms with E-state index in [9.17, 15) is 4.79 Å². The van der Waals surface area contributed by atoms with Crippen LogP contribution in [0.5, 0.6) is 0 Å². The Balaban J connectivity index is 1.97. The zero-order chi connectivity index (χ0) is 11.4. The molecule has 0 fully saturated rings. The standard InChI is InChI=1S/C11H10N2O2S/c14-10(15)9-7-13-11(16-9)12-6-8-4-2-1-3-5-8/h1-5,7H,6H2,(H,12,13)(H,14,15). The highest BCUT2D eigenvalue weighted by molar-refractivity contribution is 7.17. The minimum absolute atomic E-state index is 0.246. The lowest BCUT2D eigenvalue weighted by atomic mass is 10.2. The van der Waals surface area contributed by atoms with Crippen LogP contribution in [0.2, 0.25) is 0 Å². The Morgan fingerprint density at radius 3 is 2.75 bits per heavy atom. The molecule has 1 heterocycles. The van der Waals surface area contributed by atoms with Crippen molar-refractivity contribution < 1.29 is 9.90 Å². The zero-order valence-electron chi connectivity index (χ0n) is 8.38. The molecule has 0 saturated heterocycles. The van der Waals surface area contributed by atoms with Crippen molar-refractivity contribution in [1.82, 2.24) is 4.98 Å². The highest BCUT2D eigenvalue weighted by atomic mass is 32.1. The van der Waals surface area contributed by atoms with Gasteiger partial charge in [0.25, 0.3) is 0 Å². The van der Waals surface area contributed by atoms with E-state index in [4.69, 9.17) is 5.11 Å². The molecule has 0 atom stereocenters. The predicted octanol–water partition coefficient (Wildman–Crippen LogP) is 2.45. The number of rotatable bonds is 4. The van der Waals surface area contributed by atoms with Gasteiger partial charge in [-0.1, -0.05) is 41.7 Å². The first-order valence-electron chi connectivity index (χ1n) is 4.72. The highest BCUT2D eigenvalue weighted by Gasteiger charge is 2.07. The minimum Gasteiger partial charge on any atom is -0.477 e. The lowest BCUT2D eigenvalue weighted by molar-refractivity contribution is 0.0702. The van der Waals surface area contributed by atoms with Crippen molar-refractivity contribution in [3.8, 4) is 0 Å². The van der Waals surface area contributed by atoms with Crippen LogP contribution in [0.25, 0.3) is 0 Å². The summed E-state index contributed by atoms with van der Waals surface area (Å²) in [7, 11) is 0. The Hall–Kier alpha value is -1.88. The molecule has 4 nitrogen and oxygen atoms in total. The molecule has 0 radical (unpaired) electrons. The molecule has 0 amide bonds. The molecule has 0 aliphatic heterocycles. The van der Waals surface area contributed by atoms with Gasteiger partial charge in [0.2, 0.25) is 0 Å². The summed E-state index contributed by atoms with van der Waals surface area (Å²) in [6.45, 7) is 0.646. The van der Waals surface area contributed by atoms with Gasteiger partial charge in [-0.05, 0) is 5.56 Å². The van der Waals surface area contributed by atoms with Gasteiger partial charge >= 0.3 is 5.97 Å². The number of aromatic carboxylic acids is 1. The largest absolute Gasteiger partial charge is 0.477 e. The van der Waals surface area contributed by atoms with Crippen molar-refractivity contribution in [3.63, 3.8) is 0 Å². The summed E-state index contributed by atoms with van der Waals surface area (Å²) >= 11 is 1.14. The molecule has 0 bridgehead atoms. The van der Waals surface area contributed by atoms with E-state index in [1.807, 2.05) is 30.3 Å². The Morgan fingerprint density at radius 2 is 2.12 bits per heavy atom. The summed E-state index contributed by atoms with van der Waals surface area (Å²) < 4.78 is 0. The molecule has 2 rings (SSSR count). The molecule has 16 heavy (non-hydrogen) atoms. The summed E-state index contributed by atoms with van der Waals surface area (Å²) in [4.78, 5) is 14.9. The van der Waals surface area contributed by atoms with Gasteiger partial charge in [0.1, 0.15) is 4.88 Å². The van der Waals surface area contributed by atoms with Crippen molar-refractivity contribution in [1.29, 1.82) is 0 Å². The molecule has 2 N–H and O–H groups in total. The van der Waals surface area contributed by atoms with E-state index in [-0.39, 0.29) is 4.88 Å². The van der Waals surface area contributed by atoms with Gasteiger partial charge in [0.15, 0.2) is 5.13 Å². The monoisotopic (exact) mass is 234 g/mol. The number of aromatic nitrogens is 1. The maximum absolute atomic E-state index is 10.6. The number of carbonyl (C=O) groups is 1. The number of nitrogens with one attached hydrogen (secondary N) is 1. The molecule has 0 saturated carbocycles. The highest BCUT2D eigenvalue weighted by Crippen LogP contribution is 2.18. The first-order valence-corrected chi connectivity index (χ1v) is 5.54. The predicted molar refractivity (Wildman–Crippen MR) is 62.8 cm³/mol. The molecule has 0 unspecified atom stereocenters. The molecule has 2 aromatic rings. The molecular formula is C11H10N2O2S. The average Bonchev–Trinajstić information content (AvgIpc) is 2.76. The SMILES string of the molecule is O=C(O)c1cnc(NCc2ccccc2)s1. The van der Waals surface area contributed by atoms with Crippen LogP contribution < -0.4 is 5.32 Å². The van der Waals surface area contributed by atoms with Gasteiger partial charge in [-0.25, -0.2) is 9.78 Å². The van der Waals surface area contributed by atoms with Crippen LogP contribution in [-0.4, -0.2) is 16.1 Å². The fraction of sp³-hybridized carbons (Fsp3) is 0.0909. The molecule has 82 valence electrons. The van der Waals surface area contributed by atoms with Crippen molar-refractivity contribution in [2.24, 2.45) is 0 Å². The maximum atomic E-state index is 10.6. The number of hydrogen-bond acceptors (Lipinski definition) is 4. The molecule has 0 aliphatic rings. The Bertz CT molecular complexity index is 482. The second-order valence-corrected chi connectivity index (χ2v) is 4.20. The first-order chi connectivity index (χ1) is 7.75. The minimum atomic E-state index is -0.940. The topological polar surface area (TPSA) is 62.2 Å². The fourth-order valence-electron chi connectivity index (χ4n) is 1.23. The first kappa shape index (κ1) is 10.6. The Labute approximate surface area is 96.6 Å². The van der Waals surface area contributed by atoms with Gasteiger partial charge in [-0.2, -0.15) is 0 Å². The van der Waals surface area contributed by atoms with E-state index >= 15 is 0 Å². The van der Waals surface area contributed by atoms with Crippen LogP contribution >= 0.6 is 11.3 Å². The van der Waals surface area contributed by atoms with Crippen molar-refractivity contribution in [2.45, 2.75) is 6.54 Å². The third-order valence-electron chi connectivity index (χ3n) is 2.00. The van der Waals surface area contributed by atoms with Gasteiger partial charge < -0.3 is 10.4 Å². The number of benzene rings is 1. The van der Waals surface area contributed by atoms with Crippen LogP contribution in [0.4, 0.5) is 5.13 Å². The summed E-state index contributed by atoms with van der Waals surface area (Å²) in [5, 5.41) is 12.4. The fourth-order valence-corrected chi connectivity index (χ4v) is 1.88. The quantitative estimate of drug-likeness (QED) is 0.853. The molecular weight excluding hydrogens is 224 g/mol. The number of carboxylic acid groups (broad SMARTS) is 1. The van der Waals surface area contributed by atoms with Gasteiger partial charge in [-0.3, -0.25) is 0 Å². The van der Waals surface area contributed by atoms with E-state index in [1.54, 1.807) is 0 Å². The zero-order valence-corrected chi connectivity index (χ0v) is 9.20. The van der Waals surface area contributed by atoms with E-state index in [0.29, 0.717) is 11.7 Å². The number of nitrogens with zero attached hydrogens (tertiary/aromatic N) is 1. The number of thiazole rings is 1. The Morgan fingerprint density at radius 1 is 1.38 bits per heavy atom. The summed E-state index contributed by atoms with van der Waals surface area (Å²) in [6, 6.07) is 9.87. The van der Waals surface area contributed by atoms with Gasteiger partial charge in [0, 0.05) is 6.54 Å². The molecule has 0 aliphatic carbocycles. The van der Waals surface area contributed by atoms with Crippen molar-refractivity contribution >= 4 is 22.4 Å². The van der Waals surface area contributed by atoms with Crippen molar-refractivity contribution in [3.05, 3.63) is 47.0 Å². The van der Waals surface area contributed by atoms with Gasteiger partial charge in [0.05, 0.1) is 6.20 Å². The molecule has 0 spiro atoms. The smallest absolute Gasteiger partial charge is 0.347 e. The molecule has 1 aromatic heterocycles. The van der Waals surface area contributed by atoms with E-state index in [0.717, 1.165) is 16.9 Å². The van der Waals surface area contributed by atoms with E-state index < -0.39 is 5.97 Å². The average molecular weight is 234 g/mol. The third-order valence-corrected chi connectivity index (χ3v) is 2.95. The summed E-state index contributed by atoms with van der Waals surface area (Å²) in [6.07, 6.45) is 1.36. The maximum Gasteiger partial charge on any atom is 0.347 e. The molecule has 5 heteroatoms. The number of anilines is 1. The second-order valence-electron chi connectivity index (χ2n) is 3.17. The lowest BCUT2D eigenvalue weighted by Gasteiger charge is -2.01. The lowest BCUT2D eigenvalue weighted by Crippen LogP contribution is -1.97. The van der Waals surface area contributed by atoms with Crippen molar-refractivity contribution in [2.75, 3.05) is 5.32 Å². The van der Waals surface area contributed by atoms with Gasteiger partial charge in [-0.15, -0.1) is 0 Å². The number of hydrogen-bond donors (Lipinski definition) is 2. The van der Waals surface area contributed by atoms with Crippen LogP contribution in [0.15, 0.2) is 36.5 Å². The Kier molecular flexibility index (Phi) is 3.16. The van der Waals surface area contributed by atoms with Crippen LogP contribution in [0, 0.1) is 0 Å². The normalized spacial score (nSPS) is 10.0. The third kappa shape index (κ3) is 2.58. The van der Waals surface area contributed by atoms with Crippen LogP contribution in [0.1, 0.15) is 15.2 Å². The summed E-state index contributed by atoms with van der Waals surface area (Å²) in [5.41, 5.74) is 1.13. The van der Waals surface area contributed by atoms with Crippen LogP contribution in [-0.2, 0) is 6.54 Å². The second kappa shape index (κ2) is 4.76. The van der Waals surface area contributed by atoms with E-state index in [1.165, 1.54) is 6.20 Å². The summed E-state index contributed by atoms with van der Waals surface area (Å²) in [5.74, 6) is -0.940. The van der Waals surface area contributed by atoms with Crippen LogP contribution in [0.3, 0.4) is 0 Å².